The van der Waals surface area contributed by atoms with Gasteiger partial charge in [-0.2, -0.15) is 0 Å². The summed E-state index contributed by atoms with van der Waals surface area (Å²) in [5.41, 5.74) is 0. The third-order valence-corrected chi connectivity index (χ3v) is 4.21. The van der Waals surface area contributed by atoms with Gasteiger partial charge in [-0.3, -0.25) is 4.99 Å². The minimum absolute atomic E-state index is 0.290. The van der Waals surface area contributed by atoms with E-state index in [-0.39, 0.29) is 0 Å². The highest BCUT2D eigenvalue weighted by Gasteiger charge is 2.15. The second-order valence-corrected chi connectivity index (χ2v) is 6.29. The van der Waals surface area contributed by atoms with Gasteiger partial charge >= 0.3 is 0 Å². The van der Waals surface area contributed by atoms with Crippen LogP contribution in [0.15, 0.2) is 4.99 Å². The Kier molecular flexibility index (Phi) is 10.1. The van der Waals surface area contributed by atoms with Crippen molar-refractivity contribution in [3.8, 4) is 0 Å². The molecule has 2 saturated heterocycles. The Morgan fingerprint density at radius 3 is 2.46 bits per heavy atom. The Balaban J connectivity index is 1.38. The van der Waals surface area contributed by atoms with Crippen molar-refractivity contribution in [1.29, 1.82) is 0 Å². The number of hydrogen-bond donors (Lipinski definition) is 2. The lowest BCUT2D eigenvalue weighted by Gasteiger charge is -2.13. The van der Waals surface area contributed by atoms with Crippen molar-refractivity contribution in [2.45, 2.75) is 31.8 Å². The minimum atomic E-state index is 0.290. The highest BCUT2D eigenvalue weighted by Crippen LogP contribution is 2.12. The van der Waals surface area contributed by atoms with Crippen LogP contribution in [0.4, 0.5) is 0 Å². The molecule has 7 nitrogen and oxygen atoms in total. The fourth-order valence-electron chi connectivity index (χ4n) is 2.74. The molecule has 0 aromatic rings. The third-order valence-electron chi connectivity index (χ3n) is 4.21. The van der Waals surface area contributed by atoms with E-state index in [2.05, 4.69) is 15.6 Å². The Morgan fingerprint density at radius 2 is 1.79 bits per heavy atom. The van der Waals surface area contributed by atoms with Crippen LogP contribution in [0.3, 0.4) is 0 Å². The standard InChI is InChI=1S/C17H33N3O4/c1-18-17(20-7-3-9-24-16-5-11-23-14-16)19-6-2-8-21-12-15-4-10-22-13-15/h15-16H,2-14H2,1H3,(H2,18,19,20). The van der Waals surface area contributed by atoms with Crippen molar-refractivity contribution >= 4 is 5.96 Å². The number of nitrogens with zero attached hydrogens (tertiary/aromatic N) is 1. The molecule has 2 N–H and O–H groups in total. The molecule has 0 aromatic heterocycles. The zero-order valence-corrected chi connectivity index (χ0v) is 14.9. The molecule has 0 aliphatic carbocycles. The lowest BCUT2D eigenvalue weighted by Crippen LogP contribution is -2.38. The number of ether oxygens (including phenoxy) is 4. The second kappa shape index (κ2) is 12.5. The van der Waals surface area contributed by atoms with Crippen molar-refractivity contribution in [2.75, 3.05) is 66.4 Å². The van der Waals surface area contributed by atoms with E-state index in [1.807, 2.05) is 0 Å². The van der Waals surface area contributed by atoms with Crippen molar-refractivity contribution in [3.05, 3.63) is 0 Å². The molecule has 2 unspecified atom stereocenters. The van der Waals surface area contributed by atoms with E-state index >= 15 is 0 Å². The van der Waals surface area contributed by atoms with Gasteiger partial charge in [-0.15, -0.1) is 0 Å². The van der Waals surface area contributed by atoms with Crippen molar-refractivity contribution < 1.29 is 18.9 Å². The van der Waals surface area contributed by atoms with Gasteiger partial charge in [0, 0.05) is 52.5 Å². The van der Waals surface area contributed by atoms with E-state index in [4.69, 9.17) is 18.9 Å². The van der Waals surface area contributed by atoms with Gasteiger partial charge < -0.3 is 29.6 Å². The van der Waals surface area contributed by atoms with E-state index in [0.29, 0.717) is 12.0 Å². The van der Waals surface area contributed by atoms with Gasteiger partial charge in [0.2, 0.25) is 0 Å². The first-order chi connectivity index (χ1) is 11.9. The second-order valence-electron chi connectivity index (χ2n) is 6.29. The maximum Gasteiger partial charge on any atom is 0.190 e. The summed E-state index contributed by atoms with van der Waals surface area (Å²) >= 11 is 0. The SMILES string of the molecule is CN=C(NCCCOCC1CCOC1)NCCCOC1CCOC1. The van der Waals surface area contributed by atoms with Crippen LogP contribution in [0, 0.1) is 5.92 Å². The molecule has 2 atom stereocenters. The molecule has 2 aliphatic rings. The lowest BCUT2D eigenvalue weighted by molar-refractivity contribution is 0.0420. The molecule has 24 heavy (non-hydrogen) atoms. The number of hydrogen-bond acceptors (Lipinski definition) is 5. The van der Waals surface area contributed by atoms with Crippen LogP contribution in [0.2, 0.25) is 0 Å². The van der Waals surface area contributed by atoms with Gasteiger partial charge in [0.25, 0.3) is 0 Å². The van der Waals surface area contributed by atoms with Gasteiger partial charge in [-0.1, -0.05) is 0 Å². The predicted octanol–water partition coefficient (Wildman–Crippen LogP) is 0.790. The molecule has 0 saturated carbocycles. The van der Waals surface area contributed by atoms with Gasteiger partial charge in [0.05, 0.1) is 25.9 Å². The first kappa shape index (κ1) is 19.4. The summed E-state index contributed by atoms with van der Waals surface area (Å²) in [6.45, 7) is 7.38. The number of rotatable bonds is 11. The van der Waals surface area contributed by atoms with Crippen LogP contribution in [0.25, 0.3) is 0 Å². The van der Waals surface area contributed by atoms with Crippen molar-refractivity contribution in [1.82, 2.24) is 10.6 Å². The Morgan fingerprint density at radius 1 is 1.04 bits per heavy atom. The molecule has 0 amide bonds. The predicted molar refractivity (Wildman–Crippen MR) is 93.5 cm³/mol. The topological polar surface area (TPSA) is 73.3 Å². The smallest absolute Gasteiger partial charge is 0.190 e. The maximum absolute atomic E-state index is 5.74. The highest BCUT2D eigenvalue weighted by atomic mass is 16.5. The van der Waals surface area contributed by atoms with E-state index in [1.54, 1.807) is 7.05 Å². The fourth-order valence-corrected chi connectivity index (χ4v) is 2.74. The van der Waals surface area contributed by atoms with Crippen LogP contribution >= 0.6 is 0 Å². The molecular weight excluding hydrogens is 310 g/mol. The van der Waals surface area contributed by atoms with Crippen molar-refractivity contribution in [2.24, 2.45) is 10.9 Å². The maximum atomic E-state index is 5.74. The van der Waals surface area contributed by atoms with Crippen molar-refractivity contribution in [3.63, 3.8) is 0 Å². The van der Waals surface area contributed by atoms with Crippen LogP contribution in [0.5, 0.6) is 0 Å². The zero-order valence-electron chi connectivity index (χ0n) is 14.9. The van der Waals surface area contributed by atoms with E-state index in [9.17, 15) is 0 Å². The molecule has 2 aliphatic heterocycles. The summed E-state index contributed by atoms with van der Waals surface area (Å²) in [6.07, 6.45) is 4.37. The molecular formula is C17H33N3O4. The Bertz CT molecular complexity index is 343. The first-order valence-corrected chi connectivity index (χ1v) is 9.18. The van der Waals surface area contributed by atoms with Crippen LogP contribution in [0.1, 0.15) is 25.7 Å². The number of nitrogens with one attached hydrogen (secondary N) is 2. The Hall–Kier alpha value is -0.890. The summed E-state index contributed by atoms with van der Waals surface area (Å²) < 4.78 is 22.0. The van der Waals surface area contributed by atoms with E-state index in [0.717, 1.165) is 91.0 Å². The molecule has 2 fully saturated rings. The summed E-state index contributed by atoms with van der Waals surface area (Å²) in [6, 6.07) is 0. The average molecular weight is 343 g/mol. The van der Waals surface area contributed by atoms with Gasteiger partial charge in [-0.25, -0.2) is 0 Å². The van der Waals surface area contributed by atoms with Crippen LogP contribution in [-0.2, 0) is 18.9 Å². The van der Waals surface area contributed by atoms with Crippen LogP contribution in [-0.4, -0.2) is 78.4 Å². The molecule has 0 spiro atoms. The van der Waals surface area contributed by atoms with Gasteiger partial charge in [0.15, 0.2) is 5.96 Å². The summed E-state index contributed by atoms with van der Waals surface area (Å²) in [5, 5.41) is 6.60. The molecule has 0 aromatic carbocycles. The normalized spacial score (nSPS) is 24.5. The summed E-state index contributed by atoms with van der Waals surface area (Å²) in [5.74, 6) is 1.42. The molecule has 0 radical (unpaired) electrons. The lowest BCUT2D eigenvalue weighted by atomic mass is 10.1. The third kappa shape index (κ3) is 8.28. The average Bonchev–Trinajstić information content (AvgIpc) is 3.29. The van der Waals surface area contributed by atoms with Gasteiger partial charge in [-0.05, 0) is 25.7 Å². The number of aliphatic imine (C=N–C) groups is 1. The first-order valence-electron chi connectivity index (χ1n) is 9.18. The van der Waals surface area contributed by atoms with E-state index < -0.39 is 0 Å². The molecule has 7 heteroatoms. The van der Waals surface area contributed by atoms with E-state index in [1.165, 1.54) is 0 Å². The van der Waals surface area contributed by atoms with Crippen LogP contribution < -0.4 is 10.6 Å². The largest absolute Gasteiger partial charge is 0.381 e. The highest BCUT2D eigenvalue weighted by molar-refractivity contribution is 5.79. The number of guanidine groups is 1. The summed E-state index contributed by atoms with van der Waals surface area (Å²) in [7, 11) is 1.79. The quantitative estimate of drug-likeness (QED) is 0.328. The zero-order chi connectivity index (χ0) is 16.9. The molecule has 140 valence electrons. The molecule has 2 rings (SSSR count). The minimum Gasteiger partial charge on any atom is -0.381 e. The van der Waals surface area contributed by atoms with Gasteiger partial charge in [0.1, 0.15) is 0 Å². The summed E-state index contributed by atoms with van der Waals surface area (Å²) in [4.78, 5) is 4.22. The Labute approximate surface area is 145 Å². The molecule has 2 heterocycles. The monoisotopic (exact) mass is 343 g/mol. The molecule has 0 bridgehead atoms. The fraction of sp³-hybridized carbons (Fsp3) is 0.941.